The van der Waals surface area contributed by atoms with Gasteiger partial charge in [-0.3, -0.25) is 14.9 Å². The topological polar surface area (TPSA) is 95.6 Å². The number of nitrogens with one attached hydrogen (secondary N) is 1. The van der Waals surface area contributed by atoms with Gasteiger partial charge in [0, 0.05) is 19.0 Å². The smallest absolute Gasteiger partial charge is 0.357 e. The number of aromatic nitrogens is 1. The summed E-state index contributed by atoms with van der Waals surface area (Å²) in [7, 11) is 4.67. The number of hydrogen-bond acceptors (Lipinski definition) is 6. The number of anilines is 1. The fourth-order valence-electron chi connectivity index (χ4n) is 3.20. The van der Waals surface area contributed by atoms with Crippen LogP contribution in [0.1, 0.15) is 5.56 Å². The summed E-state index contributed by atoms with van der Waals surface area (Å²) in [5.41, 5.74) is 0.752. The molecule has 8 nitrogen and oxygen atoms in total. The molecule has 1 aromatic heterocycles. The Morgan fingerprint density at radius 1 is 1.11 bits per heavy atom. The molecule has 28 heavy (non-hydrogen) atoms. The summed E-state index contributed by atoms with van der Waals surface area (Å²) in [6.07, 6.45) is 0.584. The third-order valence-corrected chi connectivity index (χ3v) is 4.62. The van der Waals surface area contributed by atoms with Crippen LogP contribution in [-0.2, 0) is 13.5 Å². The average Bonchev–Trinajstić information content (AvgIpc) is 2.71. The van der Waals surface area contributed by atoms with Crippen LogP contribution in [0.15, 0.2) is 47.3 Å². The van der Waals surface area contributed by atoms with Crippen molar-refractivity contribution in [2.24, 2.45) is 7.05 Å². The number of ether oxygens (including phenoxy) is 2. The van der Waals surface area contributed by atoms with Gasteiger partial charge in [-0.15, -0.1) is 0 Å². The standard InChI is InChI=1S/C20H21N3O5/c1-22-15-7-5-4-6-14(15)18(19(20(22)24)23(25)26)21-11-10-13-8-9-16(27-2)17(12-13)28-3/h4-9,12,21H,10-11H2,1-3H3. The zero-order valence-corrected chi connectivity index (χ0v) is 15.9. The van der Waals surface area contributed by atoms with Gasteiger partial charge in [-0.05, 0) is 30.2 Å². The van der Waals surface area contributed by atoms with Gasteiger partial charge in [0.05, 0.1) is 24.7 Å². The monoisotopic (exact) mass is 383 g/mol. The molecule has 0 aliphatic rings. The van der Waals surface area contributed by atoms with E-state index in [0.717, 1.165) is 5.56 Å². The minimum absolute atomic E-state index is 0.240. The lowest BCUT2D eigenvalue weighted by molar-refractivity contribution is -0.385. The van der Waals surface area contributed by atoms with E-state index in [-0.39, 0.29) is 5.69 Å². The number of hydrogen-bond donors (Lipinski definition) is 1. The Balaban J connectivity index is 1.93. The molecule has 8 heteroatoms. The highest BCUT2D eigenvalue weighted by Crippen LogP contribution is 2.30. The lowest BCUT2D eigenvalue weighted by Crippen LogP contribution is -2.23. The van der Waals surface area contributed by atoms with Gasteiger partial charge in [0.25, 0.3) is 0 Å². The predicted molar refractivity (Wildman–Crippen MR) is 108 cm³/mol. The molecule has 0 aliphatic carbocycles. The lowest BCUT2D eigenvalue weighted by atomic mass is 10.1. The van der Waals surface area contributed by atoms with E-state index in [4.69, 9.17) is 9.47 Å². The van der Waals surface area contributed by atoms with Gasteiger partial charge < -0.3 is 19.4 Å². The van der Waals surface area contributed by atoms with Gasteiger partial charge in [0.15, 0.2) is 11.5 Å². The van der Waals surface area contributed by atoms with Gasteiger partial charge in [0.1, 0.15) is 5.69 Å². The summed E-state index contributed by atoms with van der Waals surface area (Å²) in [6, 6.07) is 12.7. The molecule has 3 aromatic rings. The Morgan fingerprint density at radius 2 is 1.82 bits per heavy atom. The molecule has 0 amide bonds. The number of nitro groups is 1. The number of pyridine rings is 1. The molecule has 0 aliphatic heterocycles. The van der Waals surface area contributed by atoms with E-state index >= 15 is 0 Å². The number of fused-ring (bicyclic) bond motifs is 1. The Bertz CT molecular complexity index is 1090. The summed E-state index contributed by atoms with van der Waals surface area (Å²) in [6.45, 7) is 0.410. The number of para-hydroxylation sites is 1. The van der Waals surface area contributed by atoms with Crippen LogP contribution in [0.2, 0.25) is 0 Å². The molecule has 0 unspecified atom stereocenters. The van der Waals surface area contributed by atoms with Crippen LogP contribution in [0.4, 0.5) is 11.4 Å². The fraction of sp³-hybridized carbons (Fsp3) is 0.250. The maximum absolute atomic E-state index is 12.5. The van der Waals surface area contributed by atoms with Crippen LogP contribution >= 0.6 is 0 Å². The highest BCUT2D eigenvalue weighted by atomic mass is 16.6. The minimum atomic E-state index is -0.641. The van der Waals surface area contributed by atoms with E-state index in [1.807, 2.05) is 18.2 Å². The highest BCUT2D eigenvalue weighted by Gasteiger charge is 2.24. The SMILES string of the molecule is COc1ccc(CCNc2c([N+](=O)[O-])c(=O)n(C)c3ccccc23)cc1OC. The van der Waals surface area contributed by atoms with Crippen molar-refractivity contribution in [3.8, 4) is 11.5 Å². The van der Waals surface area contributed by atoms with Crippen molar-refractivity contribution >= 4 is 22.3 Å². The maximum atomic E-state index is 12.5. The summed E-state index contributed by atoms with van der Waals surface area (Å²) in [4.78, 5) is 23.4. The number of rotatable bonds is 7. The Kier molecular flexibility index (Phi) is 5.49. The van der Waals surface area contributed by atoms with E-state index in [0.29, 0.717) is 35.4 Å². The van der Waals surface area contributed by atoms with Crippen molar-refractivity contribution in [3.05, 3.63) is 68.5 Å². The molecule has 0 spiro atoms. The molecular formula is C20H21N3O5. The van der Waals surface area contributed by atoms with Crippen molar-refractivity contribution in [2.45, 2.75) is 6.42 Å². The maximum Gasteiger partial charge on any atom is 0.357 e. The van der Waals surface area contributed by atoms with Crippen LogP contribution in [0.5, 0.6) is 11.5 Å². The first-order chi connectivity index (χ1) is 13.5. The van der Waals surface area contributed by atoms with Gasteiger partial charge >= 0.3 is 11.2 Å². The molecule has 1 heterocycles. The largest absolute Gasteiger partial charge is 0.493 e. The summed E-state index contributed by atoms with van der Waals surface area (Å²) >= 11 is 0. The van der Waals surface area contributed by atoms with Gasteiger partial charge in [0.2, 0.25) is 0 Å². The van der Waals surface area contributed by atoms with Crippen molar-refractivity contribution in [3.63, 3.8) is 0 Å². The molecule has 0 saturated heterocycles. The summed E-state index contributed by atoms with van der Waals surface area (Å²) < 4.78 is 11.8. The van der Waals surface area contributed by atoms with Crippen molar-refractivity contribution in [1.82, 2.24) is 4.57 Å². The highest BCUT2D eigenvalue weighted by molar-refractivity contribution is 5.96. The summed E-state index contributed by atoms with van der Waals surface area (Å²) in [5, 5.41) is 15.3. The molecule has 0 bridgehead atoms. The fourth-order valence-corrected chi connectivity index (χ4v) is 3.20. The molecule has 1 N–H and O–H groups in total. The number of aryl methyl sites for hydroxylation is 1. The third kappa shape index (κ3) is 3.48. The van der Waals surface area contributed by atoms with Gasteiger partial charge in [-0.2, -0.15) is 0 Å². The Labute approximate surface area is 161 Å². The van der Waals surface area contributed by atoms with Gasteiger partial charge in [-0.1, -0.05) is 24.3 Å². The first kappa shape index (κ1) is 19.2. The molecule has 3 rings (SSSR count). The zero-order chi connectivity index (χ0) is 20.3. The molecule has 0 saturated carbocycles. The second-order valence-electron chi connectivity index (χ2n) is 6.23. The van der Waals surface area contributed by atoms with Crippen LogP contribution < -0.4 is 20.3 Å². The zero-order valence-electron chi connectivity index (χ0n) is 15.9. The summed E-state index contributed by atoms with van der Waals surface area (Å²) in [5.74, 6) is 1.25. The van der Waals surface area contributed by atoms with Crippen LogP contribution in [0.25, 0.3) is 10.9 Å². The van der Waals surface area contributed by atoms with E-state index < -0.39 is 16.2 Å². The van der Waals surface area contributed by atoms with E-state index in [1.54, 1.807) is 38.5 Å². The minimum Gasteiger partial charge on any atom is -0.493 e. The van der Waals surface area contributed by atoms with Crippen molar-refractivity contribution < 1.29 is 14.4 Å². The van der Waals surface area contributed by atoms with Crippen molar-refractivity contribution in [1.29, 1.82) is 0 Å². The molecular weight excluding hydrogens is 362 g/mol. The third-order valence-electron chi connectivity index (χ3n) is 4.62. The number of nitrogens with zero attached hydrogens (tertiary/aromatic N) is 2. The first-order valence-corrected chi connectivity index (χ1v) is 8.68. The number of methoxy groups -OCH3 is 2. The Morgan fingerprint density at radius 3 is 2.50 bits per heavy atom. The quantitative estimate of drug-likeness (QED) is 0.497. The lowest BCUT2D eigenvalue weighted by Gasteiger charge is -2.13. The normalized spacial score (nSPS) is 10.7. The van der Waals surface area contributed by atoms with Crippen LogP contribution in [0, 0.1) is 10.1 Å². The molecule has 0 atom stereocenters. The van der Waals surface area contributed by atoms with Crippen molar-refractivity contribution in [2.75, 3.05) is 26.1 Å². The Hall–Kier alpha value is -3.55. The second-order valence-corrected chi connectivity index (χ2v) is 6.23. The molecule has 2 aromatic carbocycles. The van der Waals surface area contributed by atoms with Crippen LogP contribution in [0.3, 0.4) is 0 Å². The van der Waals surface area contributed by atoms with E-state index in [2.05, 4.69) is 5.32 Å². The second kappa shape index (κ2) is 7.99. The number of benzene rings is 2. The molecule has 146 valence electrons. The first-order valence-electron chi connectivity index (χ1n) is 8.68. The average molecular weight is 383 g/mol. The van der Waals surface area contributed by atoms with Crippen LogP contribution in [-0.4, -0.2) is 30.3 Å². The van der Waals surface area contributed by atoms with E-state index in [1.165, 1.54) is 11.6 Å². The van der Waals surface area contributed by atoms with Gasteiger partial charge in [-0.25, -0.2) is 0 Å². The predicted octanol–water partition coefficient (Wildman–Crippen LogP) is 3.12. The van der Waals surface area contributed by atoms with E-state index in [9.17, 15) is 14.9 Å². The molecule has 0 radical (unpaired) electrons. The molecule has 0 fully saturated rings.